The van der Waals surface area contributed by atoms with Gasteiger partial charge in [0.15, 0.2) is 0 Å². The number of hydrogen-bond acceptors (Lipinski definition) is 7. The first kappa shape index (κ1) is 24.6. The summed E-state index contributed by atoms with van der Waals surface area (Å²) in [6, 6.07) is 19.1. The zero-order valence-corrected chi connectivity index (χ0v) is 22.0. The lowest BCUT2D eigenvalue weighted by Crippen LogP contribution is -2.33. The zero-order chi connectivity index (χ0) is 26.4. The minimum absolute atomic E-state index is 0.216. The molecule has 4 heterocycles. The normalized spacial score (nSPS) is 20.2. The van der Waals surface area contributed by atoms with E-state index in [4.69, 9.17) is 11.6 Å². The summed E-state index contributed by atoms with van der Waals surface area (Å²) in [7, 11) is 0. The number of rotatable bonds is 5. The molecule has 1 saturated heterocycles. The van der Waals surface area contributed by atoms with E-state index in [0.29, 0.717) is 26.3 Å². The van der Waals surface area contributed by atoms with Gasteiger partial charge < -0.3 is 5.32 Å². The van der Waals surface area contributed by atoms with Crippen molar-refractivity contribution in [1.29, 1.82) is 0 Å². The van der Waals surface area contributed by atoms with Crippen LogP contribution in [-0.2, 0) is 20.9 Å². The molecule has 2 aromatic heterocycles. The highest BCUT2D eigenvalue weighted by molar-refractivity contribution is 8.00. The number of benzene rings is 2. The van der Waals surface area contributed by atoms with Crippen LogP contribution in [-0.4, -0.2) is 32.5 Å². The number of amides is 3. The van der Waals surface area contributed by atoms with Crippen LogP contribution in [0.15, 0.2) is 88.9 Å². The second kappa shape index (κ2) is 9.86. The van der Waals surface area contributed by atoms with Gasteiger partial charge in [-0.15, -0.1) is 0 Å². The van der Waals surface area contributed by atoms with Gasteiger partial charge in [-0.2, -0.15) is 0 Å². The molecule has 190 valence electrons. The van der Waals surface area contributed by atoms with Crippen molar-refractivity contribution in [2.75, 3.05) is 10.2 Å². The van der Waals surface area contributed by atoms with E-state index in [-0.39, 0.29) is 29.1 Å². The fraction of sp³-hybridized carbons (Fsp3) is 0.148. The fourth-order valence-corrected chi connectivity index (χ4v) is 7.78. The SMILES string of the molecule is O=C(Cn1c2c(sc1=O)[C@@H](c1cccnc1)[C@H]1C(=O)N(c3ccc(Cl)cc3)C(=O)[C@H]1S2)Nc1ccccc1. The van der Waals surface area contributed by atoms with Crippen molar-refractivity contribution in [3.63, 3.8) is 0 Å². The van der Waals surface area contributed by atoms with E-state index in [2.05, 4.69) is 10.3 Å². The Morgan fingerprint density at radius 2 is 1.74 bits per heavy atom. The summed E-state index contributed by atoms with van der Waals surface area (Å²) < 4.78 is 1.39. The van der Waals surface area contributed by atoms with Gasteiger partial charge in [0.2, 0.25) is 17.7 Å². The third-order valence-electron chi connectivity index (χ3n) is 6.54. The number of imide groups is 1. The Labute approximate surface area is 230 Å². The maximum atomic E-state index is 13.8. The Kier molecular flexibility index (Phi) is 6.38. The minimum atomic E-state index is -0.770. The van der Waals surface area contributed by atoms with E-state index in [1.165, 1.54) is 21.2 Å². The van der Waals surface area contributed by atoms with Crippen LogP contribution < -0.4 is 15.1 Å². The highest BCUT2D eigenvalue weighted by atomic mass is 35.5. The van der Waals surface area contributed by atoms with Crippen molar-refractivity contribution < 1.29 is 14.4 Å². The Hall–Kier alpha value is -3.73. The Balaban J connectivity index is 1.41. The maximum absolute atomic E-state index is 13.8. The van der Waals surface area contributed by atoms with Crippen molar-refractivity contribution in [1.82, 2.24) is 9.55 Å². The number of fused-ring (bicyclic) bond motifs is 2. The maximum Gasteiger partial charge on any atom is 0.308 e. The Morgan fingerprint density at radius 3 is 2.45 bits per heavy atom. The van der Waals surface area contributed by atoms with Gasteiger partial charge >= 0.3 is 4.87 Å². The van der Waals surface area contributed by atoms with Gasteiger partial charge in [-0.25, -0.2) is 4.90 Å². The number of nitrogens with zero attached hydrogens (tertiary/aromatic N) is 3. The lowest BCUT2D eigenvalue weighted by molar-refractivity contribution is -0.122. The standard InChI is InChI=1S/C27H19ClN4O4S2/c28-16-8-10-18(11-9-16)32-24(34)21-20(15-5-4-12-29-13-15)23-26(37-22(21)25(32)35)31(27(36)38-23)14-19(33)30-17-6-2-1-3-7-17/h1-13,20-22H,14H2,(H,30,33)/t20-,21+,22-/m0/s1. The molecular weight excluding hydrogens is 544 g/mol. The van der Waals surface area contributed by atoms with E-state index in [9.17, 15) is 19.2 Å². The highest BCUT2D eigenvalue weighted by Gasteiger charge is 2.56. The van der Waals surface area contributed by atoms with E-state index >= 15 is 0 Å². The van der Waals surface area contributed by atoms with Gasteiger partial charge in [-0.05, 0) is 48.0 Å². The van der Waals surface area contributed by atoms with Crippen molar-refractivity contribution >= 4 is 63.8 Å². The van der Waals surface area contributed by atoms with Crippen LogP contribution in [0.2, 0.25) is 5.02 Å². The van der Waals surface area contributed by atoms with Crippen LogP contribution in [0.5, 0.6) is 0 Å². The summed E-state index contributed by atoms with van der Waals surface area (Å²) in [6.45, 7) is -0.216. The molecule has 3 atom stereocenters. The quantitative estimate of drug-likeness (QED) is 0.362. The van der Waals surface area contributed by atoms with Gasteiger partial charge in [0.1, 0.15) is 11.8 Å². The lowest BCUT2D eigenvalue weighted by Gasteiger charge is -2.30. The number of hydrogen-bond donors (Lipinski definition) is 1. The summed E-state index contributed by atoms with van der Waals surface area (Å²) >= 11 is 8.19. The van der Waals surface area contributed by atoms with Crippen molar-refractivity contribution in [2.45, 2.75) is 22.7 Å². The predicted molar refractivity (Wildman–Crippen MR) is 147 cm³/mol. The highest BCUT2D eigenvalue weighted by Crippen LogP contribution is 2.53. The predicted octanol–water partition coefficient (Wildman–Crippen LogP) is 4.39. The first-order valence-corrected chi connectivity index (χ1v) is 13.8. The summed E-state index contributed by atoms with van der Waals surface area (Å²) in [5, 5.41) is 3.05. The van der Waals surface area contributed by atoms with Crippen LogP contribution >= 0.6 is 34.7 Å². The Morgan fingerprint density at radius 1 is 0.974 bits per heavy atom. The molecular formula is C27H19ClN4O4S2. The molecule has 38 heavy (non-hydrogen) atoms. The monoisotopic (exact) mass is 562 g/mol. The topological polar surface area (TPSA) is 101 Å². The molecule has 0 unspecified atom stereocenters. The van der Waals surface area contributed by atoms with Crippen LogP contribution in [0.3, 0.4) is 0 Å². The summed E-state index contributed by atoms with van der Waals surface area (Å²) in [5.41, 5.74) is 1.78. The number of pyridine rings is 1. The molecule has 0 saturated carbocycles. The zero-order valence-electron chi connectivity index (χ0n) is 19.6. The number of carbonyl (C=O) groups excluding carboxylic acids is 3. The molecule has 2 aliphatic rings. The van der Waals surface area contributed by atoms with Crippen LogP contribution in [0, 0.1) is 5.92 Å². The molecule has 0 spiro atoms. The number of anilines is 2. The second-order valence-electron chi connectivity index (χ2n) is 8.85. The average molecular weight is 563 g/mol. The van der Waals surface area contributed by atoms with Gasteiger partial charge in [0.25, 0.3) is 0 Å². The molecule has 6 rings (SSSR count). The van der Waals surface area contributed by atoms with Gasteiger partial charge in [0, 0.05) is 33.9 Å². The minimum Gasteiger partial charge on any atom is -0.325 e. The van der Waals surface area contributed by atoms with E-state index in [1.807, 2.05) is 12.1 Å². The van der Waals surface area contributed by atoms with Crippen molar-refractivity contribution in [3.05, 3.63) is 104 Å². The molecule has 8 nitrogen and oxygen atoms in total. The third-order valence-corrected chi connectivity index (χ3v) is 9.39. The molecule has 11 heteroatoms. The third kappa shape index (κ3) is 4.24. The number of halogens is 1. The number of thioether (sulfide) groups is 1. The molecule has 2 aliphatic heterocycles. The van der Waals surface area contributed by atoms with Crippen molar-refractivity contribution in [3.8, 4) is 0 Å². The number of thiazole rings is 1. The van der Waals surface area contributed by atoms with Crippen molar-refractivity contribution in [2.24, 2.45) is 5.92 Å². The first-order chi connectivity index (χ1) is 18.4. The smallest absolute Gasteiger partial charge is 0.308 e. The lowest BCUT2D eigenvalue weighted by atomic mass is 9.84. The molecule has 0 aliphatic carbocycles. The largest absolute Gasteiger partial charge is 0.325 e. The molecule has 2 aromatic carbocycles. The Bertz CT molecular complexity index is 1610. The molecule has 0 bridgehead atoms. The molecule has 3 amide bonds. The summed E-state index contributed by atoms with van der Waals surface area (Å²) in [6.07, 6.45) is 3.28. The first-order valence-electron chi connectivity index (χ1n) is 11.7. The summed E-state index contributed by atoms with van der Waals surface area (Å²) in [5.74, 6) is -2.37. The average Bonchev–Trinajstić information content (AvgIpc) is 3.36. The number of aromatic nitrogens is 2. The van der Waals surface area contributed by atoms with Gasteiger partial charge in [-0.3, -0.25) is 28.7 Å². The molecule has 0 radical (unpaired) electrons. The number of para-hydroxylation sites is 1. The van der Waals surface area contributed by atoms with E-state index in [1.54, 1.807) is 67.0 Å². The molecule has 1 fully saturated rings. The van der Waals surface area contributed by atoms with Crippen LogP contribution in [0.1, 0.15) is 16.4 Å². The van der Waals surface area contributed by atoms with Crippen LogP contribution in [0.4, 0.5) is 11.4 Å². The fourth-order valence-electron chi connectivity index (χ4n) is 4.88. The molecule has 4 aromatic rings. The van der Waals surface area contributed by atoms with E-state index < -0.39 is 17.1 Å². The number of nitrogens with one attached hydrogen (secondary N) is 1. The summed E-state index contributed by atoms with van der Waals surface area (Å²) in [4.78, 5) is 59.2. The second-order valence-corrected chi connectivity index (χ2v) is 11.4. The van der Waals surface area contributed by atoms with Crippen LogP contribution in [0.25, 0.3) is 0 Å². The van der Waals surface area contributed by atoms with Gasteiger partial charge in [0.05, 0.1) is 16.6 Å². The van der Waals surface area contributed by atoms with E-state index in [0.717, 1.165) is 16.9 Å². The number of carbonyl (C=O) groups is 3. The molecule has 1 N–H and O–H groups in total. The van der Waals surface area contributed by atoms with Gasteiger partial charge in [-0.1, -0.05) is 59.0 Å².